The van der Waals surface area contributed by atoms with Crippen LogP contribution in [0.15, 0.2) is 0 Å². The molecule has 0 radical (unpaired) electrons. The highest BCUT2D eigenvalue weighted by Crippen LogP contribution is 2.55. The van der Waals surface area contributed by atoms with Gasteiger partial charge < -0.3 is 0 Å². The predicted molar refractivity (Wildman–Crippen MR) is 61.3 cm³/mol. The molecule has 0 amide bonds. The highest BCUT2D eigenvalue weighted by Gasteiger charge is 2.30. The molecule has 0 unspecified atom stereocenters. The molecule has 0 saturated heterocycles. The van der Waals surface area contributed by atoms with Crippen LogP contribution in [0.5, 0.6) is 0 Å². The average Bonchev–Trinajstić information content (AvgIpc) is 2.22. The second-order valence-corrected chi connectivity index (χ2v) is 6.09. The number of hydrogen-bond donors (Lipinski definition) is 0. The Kier molecular flexibility index (Phi) is 8.39. The molecule has 0 heterocycles. The maximum atomic E-state index is 12.0. The van der Waals surface area contributed by atoms with Crippen molar-refractivity contribution >= 4 is 29.6 Å². The molecule has 0 N–H and O–H groups in total. The molecule has 0 aromatic heterocycles. The van der Waals surface area contributed by atoms with Crippen LogP contribution in [0.4, 0.5) is 0 Å². The standard InChI is InChI=1S/C7H17ClNO3PS/c1-4-6-11-13(10,9(3)14-8)12-7-5-2/h4-7H2,1-3H3. The molecule has 0 aromatic rings. The van der Waals surface area contributed by atoms with E-state index in [0.29, 0.717) is 13.2 Å². The van der Waals surface area contributed by atoms with Crippen molar-refractivity contribution in [1.82, 2.24) is 4.08 Å². The molecule has 0 aliphatic heterocycles. The summed E-state index contributed by atoms with van der Waals surface area (Å²) in [5.74, 6) is 0. The molecule has 0 spiro atoms. The van der Waals surface area contributed by atoms with Crippen molar-refractivity contribution < 1.29 is 13.6 Å². The molecule has 7 heteroatoms. The van der Waals surface area contributed by atoms with Gasteiger partial charge in [0.2, 0.25) is 0 Å². The monoisotopic (exact) mass is 261 g/mol. The fourth-order valence-electron chi connectivity index (χ4n) is 0.651. The zero-order chi connectivity index (χ0) is 11.0. The van der Waals surface area contributed by atoms with Crippen LogP contribution in [-0.2, 0) is 13.6 Å². The van der Waals surface area contributed by atoms with E-state index in [2.05, 4.69) is 0 Å². The van der Waals surface area contributed by atoms with E-state index in [4.69, 9.17) is 19.7 Å². The first-order chi connectivity index (χ1) is 6.60. The Labute approximate surface area is 94.5 Å². The van der Waals surface area contributed by atoms with Gasteiger partial charge in [0.1, 0.15) is 0 Å². The Morgan fingerprint density at radius 2 is 1.71 bits per heavy atom. The smallest absolute Gasteiger partial charge is 0.296 e. The van der Waals surface area contributed by atoms with Crippen LogP contribution in [0.2, 0.25) is 0 Å². The quantitative estimate of drug-likeness (QED) is 0.492. The predicted octanol–water partition coefficient (Wildman–Crippen LogP) is 3.68. The van der Waals surface area contributed by atoms with E-state index in [1.807, 2.05) is 13.8 Å². The lowest BCUT2D eigenvalue weighted by atomic mass is 10.5. The van der Waals surface area contributed by atoms with E-state index in [9.17, 15) is 4.57 Å². The summed E-state index contributed by atoms with van der Waals surface area (Å²) in [4.78, 5) is 0. The minimum Gasteiger partial charge on any atom is -0.296 e. The third-order valence-electron chi connectivity index (χ3n) is 1.36. The maximum absolute atomic E-state index is 12.0. The fraction of sp³-hybridized carbons (Fsp3) is 1.00. The van der Waals surface area contributed by atoms with Crippen molar-refractivity contribution in [3.8, 4) is 0 Å². The average molecular weight is 262 g/mol. The summed E-state index contributed by atoms with van der Waals surface area (Å²) in [5.41, 5.74) is 0. The van der Waals surface area contributed by atoms with Crippen molar-refractivity contribution in [2.75, 3.05) is 20.3 Å². The molecule has 0 bridgehead atoms. The van der Waals surface area contributed by atoms with E-state index in [1.165, 1.54) is 4.08 Å². The van der Waals surface area contributed by atoms with Crippen LogP contribution in [0.3, 0.4) is 0 Å². The first-order valence-electron chi connectivity index (χ1n) is 4.52. The Bertz CT molecular complexity index is 184. The minimum atomic E-state index is -3.18. The summed E-state index contributed by atoms with van der Waals surface area (Å²) in [5, 5.41) is 0. The highest BCUT2D eigenvalue weighted by atomic mass is 35.7. The van der Waals surface area contributed by atoms with E-state index < -0.39 is 7.75 Å². The molecule has 0 fully saturated rings. The molecule has 0 rings (SSSR count). The van der Waals surface area contributed by atoms with Crippen LogP contribution in [0.25, 0.3) is 0 Å². The van der Waals surface area contributed by atoms with Crippen molar-refractivity contribution in [3.63, 3.8) is 0 Å². The topological polar surface area (TPSA) is 38.8 Å². The largest absolute Gasteiger partial charge is 0.418 e. The Hall–Kier alpha value is 0.750. The van der Waals surface area contributed by atoms with E-state index in [1.54, 1.807) is 7.05 Å². The molecular formula is C7H17ClNO3PS. The lowest BCUT2D eigenvalue weighted by molar-refractivity contribution is 0.185. The molecule has 14 heavy (non-hydrogen) atoms. The SMILES string of the molecule is CCCOP(=O)(OCCC)N(C)SCl. The van der Waals surface area contributed by atoms with Crippen molar-refractivity contribution in [3.05, 3.63) is 0 Å². The lowest BCUT2D eigenvalue weighted by Gasteiger charge is -2.23. The second kappa shape index (κ2) is 7.97. The molecule has 0 saturated carbocycles. The molecule has 0 aromatic carbocycles. The zero-order valence-corrected chi connectivity index (χ0v) is 11.2. The minimum absolute atomic E-state index is 0.406. The number of hydrogen-bond acceptors (Lipinski definition) is 4. The summed E-state index contributed by atoms with van der Waals surface area (Å²) in [6.07, 6.45) is 1.58. The molecule has 0 aliphatic carbocycles. The van der Waals surface area contributed by atoms with Gasteiger partial charge >= 0.3 is 7.75 Å². The fourth-order valence-corrected chi connectivity index (χ4v) is 3.14. The summed E-state index contributed by atoms with van der Waals surface area (Å²) in [6.45, 7) is 4.70. The number of nitrogens with zero attached hydrogens (tertiary/aromatic N) is 1. The molecular weight excluding hydrogens is 245 g/mol. The Morgan fingerprint density at radius 1 is 1.29 bits per heavy atom. The Balaban J connectivity index is 4.25. The number of rotatable bonds is 8. The highest BCUT2D eigenvalue weighted by molar-refractivity contribution is 8.21. The van der Waals surface area contributed by atoms with E-state index >= 15 is 0 Å². The van der Waals surface area contributed by atoms with Gasteiger partial charge in [-0.05, 0) is 23.5 Å². The second-order valence-electron chi connectivity index (χ2n) is 2.67. The van der Waals surface area contributed by atoms with Gasteiger partial charge in [-0.2, -0.15) is 0 Å². The number of halogens is 1. The first-order valence-corrected chi connectivity index (χ1v) is 7.62. The van der Waals surface area contributed by atoms with E-state index in [0.717, 1.165) is 24.0 Å². The van der Waals surface area contributed by atoms with Gasteiger partial charge in [0.05, 0.1) is 13.2 Å². The third kappa shape index (κ3) is 5.01. The lowest BCUT2D eigenvalue weighted by Crippen LogP contribution is -2.11. The van der Waals surface area contributed by atoms with Gasteiger partial charge in [-0.25, -0.2) is 4.57 Å². The zero-order valence-electron chi connectivity index (χ0n) is 8.73. The van der Waals surface area contributed by atoms with Gasteiger partial charge in [0.25, 0.3) is 0 Å². The van der Waals surface area contributed by atoms with Gasteiger partial charge in [0, 0.05) is 18.2 Å². The first kappa shape index (κ1) is 14.8. The molecule has 0 aliphatic rings. The third-order valence-corrected chi connectivity index (χ3v) is 5.02. The van der Waals surface area contributed by atoms with Gasteiger partial charge in [-0.15, -0.1) is 4.08 Å². The van der Waals surface area contributed by atoms with Gasteiger partial charge in [-0.1, -0.05) is 13.8 Å². The summed E-state index contributed by atoms with van der Waals surface area (Å²) >= 11 is 0.825. The van der Waals surface area contributed by atoms with Gasteiger partial charge in [-0.3, -0.25) is 9.05 Å². The summed E-state index contributed by atoms with van der Waals surface area (Å²) < 4.78 is 23.7. The molecule has 4 nitrogen and oxygen atoms in total. The van der Waals surface area contributed by atoms with Crippen LogP contribution in [0.1, 0.15) is 26.7 Å². The van der Waals surface area contributed by atoms with Crippen LogP contribution in [-0.4, -0.2) is 24.3 Å². The van der Waals surface area contributed by atoms with Crippen molar-refractivity contribution in [1.29, 1.82) is 0 Å². The Morgan fingerprint density at radius 3 is 2.00 bits per heavy atom. The van der Waals surface area contributed by atoms with Crippen molar-refractivity contribution in [2.45, 2.75) is 26.7 Å². The van der Waals surface area contributed by atoms with Crippen molar-refractivity contribution in [2.24, 2.45) is 0 Å². The molecule has 0 atom stereocenters. The van der Waals surface area contributed by atoms with E-state index in [-0.39, 0.29) is 0 Å². The van der Waals surface area contributed by atoms with Crippen LogP contribution >= 0.6 is 29.6 Å². The maximum Gasteiger partial charge on any atom is 0.418 e. The summed E-state index contributed by atoms with van der Waals surface area (Å²) in [6, 6.07) is 0. The van der Waals surface area contributed by atoms with Crippen LogP contribution in [0, 0.1) is 0 Å². The van der Waals surface area contributed by atoms with Crippen LogP contribution < -0.4 is 0 Å². The van der Waals surface area contributed by atoms with Gasteiger partial charge in [0.15, 0.2) is 0 Å². The normalized spacial score (nSPS) is 12.4. The molecule has 86 valence electrons. The summed E-state index contributed by atoms with van der Waals surface area (Å²) in [7, 11) is 3.91.